The molecular formula is C20H38O2. The minimum Gasteiger partial charge on any atom is -0.390 e. The van der Waals surface area contributed by atoms with Gasteiger partial charge in [-0.1, -0.05) is 34.1 Å². The van der Waals surface area contributed by atoms with Crippen molar-refractivity contribution in [2.45, 2.75) is 104 Å². The minimum absolute atomic E-state index is 0.216. The average Bonchev–Trinajstić information content (AvgIpc) is 2.35. The SMILES string of the molecule is CC[C@](C)(O)CC[C@@H]1[C@@]2(C)CCCC(C)(C)C2CC[C@@]1(C)O. The quantitative estimate of drug-likeness (QED) is 0.773. The molecule has 2 aliphatic rings. The molecule has 130 valence electrons. The van der Waals surface area contributed by atoms with Crippen molar-refractivity contribution >= 4 is 0 Å². The molecule has 0 spiro atoms. The first-order valence-electron chi connectivity index (χ1n) is 9.39. The van der Waals surface area contributed by atoms with E-state index in [1.165, 1.54) is 19.3 Å². The Morgan fingerprint density at radius 2 is 1.73 bits per heavy atom. The van der Waals surface area contributed by atoms with Crippen molar-refractivity contribution in [1.29, 1.82) is 0 Å². The molecule has 22 heavy (non-hydrogen) atoms. The Bertz CT molecular complexity index is 397. The summed E-state index contributed by atoms with van der Waals surface area (Å²) < 4.78 is 0. The third-order valence-corrected chi connectivity index (χ3v) is 7.50. The Balaban J connectivity index is 2.26. The van der Waals surface area contributed by atoms with Gasteiger partial charge in [0.05, 0.1) is 11.2 Å². The van der Waals surface area contributed by atoms with Crippen molar-refractivity contribution in [3.8, 4) is 0 Å². The Morgan fingerprint density at radius 1 is 1.09 bits per heavy atom. The average molecular weight is 311 g/mol. The summed E-state index contributed by atoms with van der Waals surface area (Å²) in [6, 6.07) is 0. The highest BCUT2D eigenvalue weighted by molar-refractivity contribution is 5.07. The Hall–Kier alpha value is -0.0800. The molecule has 0 saturated heterocycles. The Kier molecular flexibility index (Phi) is 4.79. The van der Waals surface area contributed by atoms with Crippen molar-refractivity contribution < 1.29 is 10.2 Å². The van der Waals surface area contributed by atoms with E-state index in [2.05, 4.69) is 20.8 Å². The highest BCUT2D eigenvalue weighted by Gasteiger charge is 2.57. The fourth-order valence-corrected chi connectivity index (χ4v) is 5.90. The topological polar surface area (TPSA) is 40.5 Å². The second kappa shape index (κ2) is 5.77. The maximum absolute atomic E-state index is 11.1. The fraction of sp³-hybridized carbons (Fsp3) is 1.00. The van der Waals surface area contributed by atoms with E-state index in [9.17, 15) is 10.2 Å². The summed E-state index contributed by atoms with van der Waals surface area (Å²) in [5.41, 5.74) is -0.575. The van der Waals surface area contributed by atoms with Crippen molar-refractivity contribution in [2.75, 3.05) is 0 Å². The summed E-state index contributed by atoms with van der Waals surface area (Å²) in [5, 5.41) is 21.5. The van der Waals surface area contributed by atoms with Crippen molar-refractivity contribution in [3.63, 3.8) is 0 Å². The first-order valence-corrected chi connectivity index (χ1v) is 9.39. The number of aliphatic hydroxyl groups is 2. The second-order valence-electron chi connectivity index (χ2n) is 9.74. The zero-order valence-electron chi connectivity index (χ0n) is 15.7. The zero-order valence-corrected chi connectivity index (χ0v) is 15.7. The zero-order chi connectivity index (χ0) is 16.8. The lowest BCUT2D eigenvalue weighted by Crippen LogP contribution is -2.57. The summed E-state index contributed by atoms with van der Waals surface area (Å²) >= 11 is 0. The summed E-state index contributed by atoms with van der Waals surface area (Å²) in [6.45, 7) is 13.3. The molecule has 2 N–H and O–H groups in total. The third-order valence-electron chi connectivity index (χ3n) is 7.50. The van der Waals surface area contributed by atoms with Crippen LogP contribution in [-0.2, 0) is 0 Å². The summed E-state index contributed by atoms with van der Waals surface area (Å²) in [4.78, 5) is 0. The van der Waals surface area contributed by atoms with E-state index >= 15 is 0 Å². The van der Waals surface area contributed by atoms with Crippen LogP contribution in [0.3, 0.4) is 0 Å². The fourth-order valence-electron chi connectivity index (χ4n) is 5.90. The molecule has 0 aliphatic heterocycles. The molecule has 0 aromatic heterocycles. The van der Waals surface area contributed by atoms with Gasteiger partial charge in [0.15, 0.2) is 0 Å². The number of hydrogen-bond donors (Lipinski definition) is 2. The van der Waals surface area contributed by atoms with Crippen LogP contribution in [0.5, 0.6) is 0 Å². The summed E-state index contributed by atoms with van der Waals surface area (Å²) in [7, 11) is 0. The smallest absolute Gasteiger partial charge is 0.0653 e. The van der Waals surface area contributed by atoms with Crippen LogP contribution in [0.2, 0.25) is 0 Å². The summed E-state index contributed by atoms with van der Waals surface area (Å²) in [5.74, 6) is 1.00. The minimum atomic E-state index is -0.594. The van der Waals surface area contributed by atoms with Gasteiger partial charge < -0.3 is 10.2 Å². The van der Waals surface area contributed by atoms with Crippen LogP contribution < -0.4 is 0 Å². The van der Waals surface area contributed by atoms with E-state index < -0.39 is 11.2 Å². The summed E-state index contributed by atoms with van der Waals surface area (Å²) in [6.07, 6.45) is 8.41. The molecule has 2 aliphatic carbocycles. The van der Waals surface area contributed by atoms with Crippen LogP contribution in [0.4, 0.5) is 0 Å². The van der Waals surface area contributed by atoms with Crippen LogP contribution in [0.25, 0.3) is 0 Å². The molecule has 0 heterocycles. The van der Waals surface area contributed by atoms with E-state index in [4.69, 9.17) is 0 Å². The monoisotopic (exact) mass is 310 g/mol. The molecule has 2 saturated carbocycles. The third kappa shape index (κ3) is 3.24. The second-order valence-corrected chi connectivity index (χ2v) is 9.74. The molecule has 0 aromatic rings. The van der Waals surface area contributed by atoms with Crippen LogP contribution >= 0.6 is 0 Å². The van der Waals surface area contributed by atoms with Crippen LogP contribution in [0.1, 0.15) is 92.9 Å². The Morgan fingerprint density at radius 3 is 2.32 bits per heavy atom. The predicted octanol–water partition coefficient (Wildman–Crippen LogP) is 4.92. The number of hydrogen-bond acceptors (Lipinski definition) is 2. The maximum atomic E-state index is 11.1. The molecule has 0 radical (unpaired) electrons. The van der Waals surface area contributed by atoms with E-state index in [0.29, 0.717) is 17.3 Å². The molecule has 0 aromatic carbocycles. The van der Waals surface area contributed by atoms with E-state index in [1.807, 2.05) is 20.8 Å². The van der Waals surface area contributed by atoms with Gasteiger partial charge in [0, 0.05) is 0 Å². The van der Waals surface area contributed by atoms with Gasteiger partial charge in [-0.3, -0.25) is 0 Å². The Labute approximate surface area is 137 Å². The normalized spacial score (nSPS) is 44.2. The van der Waals surface area contributed by atoms with Gasteiger partial charge in [0.1, 0.15) is 0 Å². The molecular weight excluding hydrogens is 272 g/mol. The molecule has 2 nitrogen and oxygen atoms in total. The van der Waals surface area contributed by atoms with E-state index in [0.717, 1.165) is 32.1 Å². The van der Waals surface area contributed by atoms with E-state index in [1.54, 1.807) is 0 Å². The van der Waals surface area contributed by atoms with Gasteiger partial charge >= 0.3 is 0 Å². The molecule has 0 bridgehead atoms. The lowest BCUT2D eigenvalue weighted by molar-refractivity contribution is -0.172. The van der Waals surface area contributed by atoms with Gasteiger partial charge in [0.2, 0.25) is 0 Å². The van der Waals surface area contributed by atoms with Crippen molar-refractivity contribution in [1.82, 2.24) is 0 Å². The van der Waals surface area contributed by atoms with Crippen LogP contribution in [-0.4, -0.2) is 21.4 Å². The van der Waals surface area contributed by atoms with Gasteiger partial charge in [-0.15, -0.1) is 0 Å². The maximum Gasteiger partial charge on any atom is 0.0653 e. The van der Waals surface area contributed by atoms with Gasteiger partial charge in [-0.2, -0.15) is 0 Å². The highest BCUT2D eigenvalue weighted by atomic mass is 16.3. The van der Waals surface area contributed by atoms with Gasteiger partial charge in [0.25, 0.3) is 0 Å². The van der Waals surface area contributed by atoms with Crippen molar-refractivity contribution in [3.05, 3.63) is 0 Å². The lowest BCUT2D eigenvalue weighted by atomic mass is 9.45. The molecule has 0 amide bonds. The lowest BCUT2D eigenvalue weighted by Gasteiger charge is -2.61. The molecule has 2 fully saturated rings. The molecule has 5 atom stereocenters. The van der Waals surface area contributed by atoms with Gasteiger partial charge in [-0.25, -0.2) is 0 Å². The number of fused-ring (bicyclic) bond motifs is 1. The largest absolute Gasteiger partial charge is 0.390 e. The standard InChI is InChI=1S/C20H38O2/c1-7-18(4,21)13-9-16-19(5)12-8-11-17(2,3)15(19)10-14-20(16,6)22/h15-16,21-22H,7-14H2,1-6H3/t15?,16-,18+,19+,20-/m1/s1. The molecule has 1 unspecified atom stereocenters. The van der Waals surface area contributed by atoms with Gasteiger partial charge in [-0.05, 0) is 81.5 Å². The number of rotatable bonds is 4. The van der Waals surface area contributed by atoms with Crippen LogP contribution in [0, 0.1) is 22.7 Å². The first-order chi connectivity index (χ1) is 9.95. The molecule has 2 heteroatoms. The molecule has 2 rings (SSSR count). The predicted molar refractivity (Wildman–Crippen MR) is 92.7 cm³/mol. The van der Waals surface area contributed by atoms with Crippen molar-refractivity contribution in [2.24, 2.45) is 22.7 Å². The van der Waals surface area contributed by atoms with E-state index in [-0.39, 0.29) is 5.41 Å². The highest BCUT2D eigenvalue weighted by Crippen LogP contribution is 2.63. The van der Waals surface area contributed by atoms with Crippen LogP contribution in [0.15, 0.2) is 0 Å². The first kappa shape index (κ1) is 18.3.